The fraction of sp³-hybridized carbons (Fsp3) is 0.143. The highest BCUT2D eigenvalue weighted by Crippen LogP contribution is 2.33. The van der Waals surface area contributed by atoms with Gasteiger partial charge in [0, 0.05) is 28.1 Å². The Balaban J connectivity index is 2.19. The van der Waals surface area contributed by atoms with Crippen LogP contribution in [0.1, 0.15) is 5.69 Å². The molecule has 0 unspecified atom stereocenters. The summed E-state index contributed by atoms with van der Waals surface area (Å²) in [5, 5.41) is 3.69. The van der Waals surface area contributed by atoms with Gasteiger partial charge in [-0.15, -0.1) is 11.3 Å². The minimum Gasteiger partial charge on any atom is -0.378 e. The molecule has 102 valence electrons. The maximum absolute atomic E-state index is 6.21. The second kappa shape index (κ2) is 5.93. The van der Waals surface area contributed by atoms with Gasteiger partial charge in [0.2, 0.25) is 0 Å². The fourth-order valence-electron chi connectivity index (χ4n) is 1.97. The Bertz CT molecular complexity index is 775. The maximum atomic E-state index is 6.21. The van der Waals surface area contributed by atoms with Crippen LogP contribution in [0.5, 0.6) is 0 Å². The average Bonchev–Trinajstić information content (AvgIpc) is 2.88. The van der Waals surface area contributed by atoms with E-state index in [0.717, 1.165) is 20.2 Å². The Morgan fingerprint density at radius 2 is 2.10 bits per heavy atom. The molecule has 0 aliphatic carbocycles. The van der Waals surface area contributed by atoms with E-state index in [1.165, 1.54) is 4.70 Å². The van der Waals surface area contributed by atoms with Crippen molar-refractivity contribution in [3.63, 3.8) is 0 Å². The minimum atomic E-state index is 0.426. The van der Waals surface area contributed by atoms with Crippen molar-refractivity contribution in [1.29, 1.82) is 0 Å². The number of nitrogens with zero attached hydrogens (tertiary/aromatic N) is 2. The van der Waals surface area contributed by atoms with Gasteiger partial charge < -0.3 is 4.74 Å². The summed E-state index contributed by atoms with van der Waals surface area (Å²) in [7, 11) is 1.64. The van der Waals surface area contributed by atoms with E-state index >= 15 is 0 Å². The first kappa shape index (κ1) is 14.2. The predicted octanol–water partition coefficient (Wildman–Crippen LogP) is 4.76. The number of halogens is 2. The molecule has 0 saturated heterocycles. The molecule has 1 aromatic carbocycles. The number of rotatable bonds is 3. The third-order valence-electron chi connectivity index (χ3n) is 2.88. The molecule has 0 N–H and O–H groups in total. The van der Waals surface area contributed by atoms with Crippen LogP contribution in [0.15, 0.2) is 29.6 Å². The highest BCUT2D eigenvalue weighted by Gasteiger charge is 2.14. The smallest absolute Gasteiger partial charge is 0.162 e. The predicted molar refractivity (Wildman–Crippen MR) is 91.3 cm³/mol. The van der Waals surface area contributed by atoms with Crippen molar-refractivity contribution in [1.82, 2.24) is 9.97 Å². The van der Waals surface area contributed by atoms with Crippen LogP contribution >= 0.6 is 45.5 Å². The summed E-state index contributed by atoms with van der Waals surface area (Å²) < 4.78 is 7.23. The molecule has 6 heteroatoms. The van der Waals surface area contributed by atoms with Crippen LogP contribution < -0.4 is 0 Å². The van der Waals surface area contributed by atoms with Gasteiger partial charge >= 0.3 is 0 Å². The van der Waals surface area contributed by atoms with Gasteiger partial charge in [0.05, 0.1) is 15.9 Å². The molecule has 3 rings (SSSR count). The van der Waals surface area contributed by atoms with E-state index in [0.29, 0.717) is 17.6 Å². The Kier molecular flexibility index (Phi) is 4.21. The molecule has 0 saturated carbocycles. The van der Waals surface area contributed by atoms with Gasteiger partial charge in [-0.1, -0.05) is 29.8 Å². The number of thiophene rings is 1. The zero-order valence-corrected chi connectivity index (χ0v) is 14.3. The number of benzene rings is 1. The molecule has 0 spiro atoms. The standard InChI is InChI=1S/C14H10ClIN2OS/c1-19-6-10-12(16)13(15)18-14(17-10)9-7-20-11-5-3-2-4-8(9)11/h2-5,7H,6H2,1H3. The Labute approximate surface area is 139 Å². The molecular formula is C14H10ClIN2OS. The molecular weight excluding hydrogens is 407 g/mol. The largest absolute Gasteiger partial charge is 0.378 e. The lowest BCUT2D eigenvalue weighted by molar-refractivity contribution is 0.181. The van der Waals surface area contributed by atoms with E-state index in [2.05, 4.69) is 50.1 Å². The number of methoxy groups -OCH3 is 1. The first-order valence-corrected chi connectivity index (χ1v) is 8.22. The topological polar surface area (TPSA) is 35.0 Å². The summed E-state index contributed by atoms with van der Waals surface area (Å²) in [6.45, 7) is 0.426. The third-order valence-corrected chi connectivity index (χ3v) is 5.57. The van der Waals surface area contributed by atoms with Crippen LogP contribution in [0.3, 0.4) is 0 Å². The van der Waals surface area contributed by atoms with Gasteiger partial charge in [-0.2, -0.15) is 0 Å². The van der Waals surface area contributed by atoms with Gasteiger partial charge in [-0.05, 0) is 28.7 Å². The number of hydrogen-bond acceptors (Lipinski definition) is 4. The van der Waals surface area contributed by atoms with Crippen molar-refractivity contribution in [3.8, 4) is 11.4 Å². The molecule has 0 atom stereocenters. The molecule has 20 heavy (non-hydrogen) atoms. The Morgan fingerprint density at radius 1 is 1.30 bits per heavy atom. The molecule has 0 aliphatic heterocycles. The number of hydrogen-bond donors (Lipinski definition) is 0. The summed E-state index contributed by atoms with van der Waals surface area (Å²) in [5.74, 6) is 0.653. The first-order chi connectivity index (χ1) is 9.70. The summed E-state index contributed by atoms with van der Waals surface area (Å²) in [5.41, 5.74) is 1.83. The Hall–Kier alpha value is -0.760. The number of ether oxygens (including phenoxy) is 1. The van der Waals surface area contributed by atoms with Crippen molar-refractivity contribution in [2.24, 2.45) is 0 Å². The molecule has 0 bridgehead atoms. The van der Waals surface area contributed by atoms with Crippen LogP contribution in [0.25, 0.3) is 21.5 Å². The van der Waals surface area contributed by atoms with Gasteiger partial charge in [0.25, 0.3) is 0 Å². The van der Waals surface area contributed by atoms with Crippen LogP contribution in [0, 0.1) is 3.57 Å². The van der Waals surface area contributed by atoms with E-state index in [4.69, 9.17) is 16.3 Å². The second-order valence-electron chi connectivity index (χ2n) is 4.18. The normalized spacial score (nSPS) is 11.2. The lowest BCUT2D eigenvalue weighted by Gasteiger charge is -2.07. The first-order valence-electron chi connectivity index (χ1n) is 5.88. The molecule has 3 aromatic rings. The Morgan fingerprint density at radius 3 is 2.90 bits per heavy atom. The lowest BCUT2D eigenvalue weighted by Crippen LogP contribution is -2.01. The molecule has 3 nitrogen and oxygen atoms in total. The summed E-state index contributed by atoms with van der Waals surface area (Å²) in [4.78, 5) is 9.00. The molecule has 0 fully saturated rings. The lowest BCUT2D eigenvalue weighted by atomic mass is 10.1. The molecule has 2 aromatic heterocycles. The zero-order valence-electron chi connectivity index (χ0n) is 10.6. The van der Waals surface area contributed by atoms with E-state index in [1.54, 1.807) is 18.4 Å². The highest BCUT2D eigenvalue weighted by atomic mass is 127. The van der Waals surface area contributed by atoms with Crippen LogP contribution in [0.2, 0.25) is 5.15 Å². The van der Waals surface area contributed by atoms with E-state index in [1.807, 2.05) is 12.1 Å². The molecule has 0 radical (unpaired) electrons. The van der Waals surface area contributed by atoms with Crippen LogP contribution in [-0.2, 0) is 11.3 Å². The monoisotopic (exact) mass is 416 g/mol. The van der Waals surface area contributed by atoms with Crippen molar-refractivity contribution in [2.45, 2.75) is 6.61 Å². The van der Waals surface area contributed by atoms with Gasteiger partial charge in [-0.25, -0.2) is 9.97 Å². The van der Waals surface area contributed by atoms with E-state index in [-0.39, 0.29) is 0 Å². The number of aromatic nitrogens is 2. The van der Waals surface area contributed by atoms with E-state index in [9.17, 15) is 0 Å². The molecule has 0 amide bonds. The van der Waals surface area contributed by atoms with Crippen molar-refractivity contribution >= 4 is 55.6 Å². The van der Waals surface area contributed by atoms with Crippen molar-refractivity contribution in [3.05, 3.63) is 44.1 Å². The maximum Gasteiger partial charge on any atom is 0.162 e. The minimum absolute atomic E-state index is 0.426. The summed E-state index contributed by atoms with van der Waals surface area (Å²) in [6, 6.07) is 8.21. The summed E-state index contributed by atoms with van der Waals surface area (Å²) in [6.07, 6.45) is 0. The zero-order chi connectivity index (χ0) is 14.1. The SMILES string of the molecule is COCc1nc(-c2csc3ccccc23)nc(Cl)c1I. The third kappa shape index (κ3) is 2.55. The second-order valence-corrected chi connectivity index (χ2v) is 6.53. The van der Waals surface area contributed by atoms with Crippen molar-refractivity contribution in [2.75, 3.05) is 7.11 Å². The quantitative estimate of drug-likeness (QED) is 0.456. The van der Waals surface area contributed by atoms with Crippen molar-refractivity contribution < 1.29 is 4.74 Å². The summed E-state index contributed by atoms with van der Waals surface area (Å²) >= 11 is 10.0. The van der Waals surface area contributed by atoms with Crippen LogP contribution in [0.4, 0.5) is 0 Å². The molecule has 0 aliphatic rings. The van der Waals surface area contributed by atoms with Crippen LogP contribution in [-0.4, -0.2) is 17.1 Å². The molecule has 2 heterocycles. The van der Waals surface area contributed by atoms with Gasteiger partial charge in [-0.3, -0.25) is 0 Å². The average molecular weight is 417 g/mol. The number of fused-ring (bicyclic) bond motifs is 1. The highest BCUT2D eigenvalue weighted by molar-refractivity contribution is 14.1. The van der Waals surface area contributed by atoms with E-state index < -0.39 is 0 Å². The van der Waals surface area contributed by atoms with Gasteiger partial charge in [0.1, 0.15) is 5.15 Å². The van der Waals surface area contributed by atoms with Gasteiger partial charge in [0.15, 0.2) is 5.82 Å². The fourth-order valence-corrected chi connectivity index (χ4v) is 3.49.